The zero-order valence-corrected chi connectivity index (χ0v) is 19.0. The molecule has 182 valence electrons. The number of nitrogens with zero attached hydrogens (tertiary/aromatic N) is 5. The van der Waals surface area contributed by atoms with Crippen LogP contribution in [0.3, 0.4) is 0 Å². The monoisotopic (exact) mass is 476 g/mol. The van der Waals surface area contributed by atoms with Gasteiger partial charge in [0.25, 0.3) is 12.3 Å². The number of carbonyl (C=O) groups is 2. The lowest BCUT2D eigenvalue weighted by atomic mass is 10.1. The van der Waals surface area contributed by atoms with Crippen molar-refractivity contribution in [2.45, 2.75) is 51.7 Å². The summed E-state index contributed by atoms with van der Waals surface area (Å²) in [6.07, 6.45) is 2.46. The fourth-order valence-electron chi connectivity index (χ4n) is 3.72. The molecule has 1 atom stereocenters. The number of hydrogen-bond acceptors (Lipinski definition) is 7. The molecule has 1 fully saturated rings. The number of alkyl carbamates (subject to hydrolysis) is 1. The van der Waals surface area contributed by atoms with Crippen molar-refractivity contribution >= 4 is 29.2 Å². The van der Waals surface area contributed by atoms with Crippen LogP contribution >= 0.6 is 0 Å². The average molecular weight is 476 g/mol. The standard InChI is InChI=1S/C21H26F2N8O3/c1-21(2,3)34-20(33)26-12-5-4-7-30(11-12)15-6-8-31-18(28-15)13(9-25-31)19(32)27-14-10-24-29-16(14)17(22)23/h6,8-10,12,17H,4-5,7,11H2,1-3H3,(H,24,29)(H,26,33)(H,27,32). The van der Waals surface area contributed by atoms with Crippen LogP contribution in [0.4, 0.5) is 25.1 Å². The van der Waals surface area contributed by atoms with Gasteiger partial charge in [-0.25, -0.2) is 23.1 Å². The molecule has 34 heavy (non-hydrogen) atoms. The van der Waals surface area contributed by atoms with Crippen molar-refractivity contribution in [3.63, 3.8) is 0 Å². The van der Waals surface area contributed by atoms with Gasteiger partial charge in [-0.15, -0.1) is 0 Å². The van der Waals surface area contributed by atoms with E-state index in [0.717, 1.165) is 25.6 Å². The number of amides is 2. The van der Waals surface area contributed by atoms with Crippen LogP contribution in [-0.4, -0.2) is 61.5 Å². The Kier molecular flexibility index (Phi) is 6.35. The summed E-state index contributed by atoms with van der Waals surface area (Å²) < 4.78 is 32.9. The van der Waals surface area contributed by atoms with E-state index in [0.29, 0.717) is 12.4 Å². The molecule has 4 rings (SSSR count). The Bertz CT molecular complexity index is 1190. The molecule has 0 saturated carbocycles. The van der Waals surface area contributed by atoms with Crippen LogP contribution in [0.15, 0.2) is 24.7 Å². The molecule has 11 nitrogen and oxygen atoms in total. The maximum absolute atomic E-state index is 13.1. The predicted molar refractivity (Wildman–Crippen MR) is 119 cm³/mol. The van der Waals surface area contributed by atoms with E-state index in [4.69, 9.17) is 4.74 Å². The minimum Gasteiger partial charge on any atom is -0.444 e. The summed E-state index contributed by atoms with van der Waals surface area (Å²) in [5, 5.41) is 15.2. The molecule has 0 radical (unpaired) electrons. The van der Waals surface area contributed by atoms with Gasteiger partial charge in [0.2, 0.25) is 0 Å². The van der Waals surface area contributed by atoms with E-state index in [1.807, 2.05) is 4.90 Å². The third-order valence-corrected chi connectivity index (χ3v) is 5.20. The van der Waals surface area contributed by atoms with Crippen LogP contribution in [0.25, 0.3) is 5.65 Å². The maximum atomic E-state index is 13.1. The molecule has 0 spiro atoms. The second-order valence-electron chi connectivity index (χ2n) is 9.00. The Labute approximate surface area is 193 Å². The van der Waals surface area contributed by atoms with Crippen molar-refractivity contribution in [1.82, 2.24) is 30.1 Å². The lowest BCUT2D eigenvalue weighted by Gasteiger charge is -2.34. The van der Waals surface area contributed by atoms with Gasteiger partial charge >= 0.3 is 6.09 Å². The first-order chi connectivity index (χ1) is 16.1. The summed E-state index contributed by atoms with van der Waals surface area (Å²) in [7, 11) is 0. The zero-order valence-electron chi connectivity index (χ0n) is 19.0. The van der Waals surface area contributed by atoms with Crippen LogP contribution in [0, 0.1) is 0 Å². The number of ether oxygens (including phenoxy) is 1. The Hall–Kier alpha value is -3.77. The van der Waals surface area contributed by atoms with Gasteiger partial charge in [-0.2, -0.15) is 10.2 Å². The number of piperidine rings is 1. The molecule has 3 aromatic heterocycles. The van der Waals surface area contributed by atoms with Crippen LogP contribution < -0.4 is 15.5 Å². The SMILES string of the molecule is CC(C)(C)OC(=O)NC1CCCN(c2ccn3ncc(C(=O)Nc4cn[nH]c4C(F)F)c3n2)C1. The highest BCUT2D eigenvalue weighted by Crippen LogP contribution is 2.25. The fourth-order valence-corrected chi connectivity index (χ4v) is 3.72. The maximum Gasteiger partial charge on any atom is 0.407 e. The third kappa shape index (κ3) is 5.24. The van der Waals surface area contributed by atoms with Crippen molar-refractivity contribution in [2.24, 2.45) is 0 Å². The van der Waals surface area contributed by atoms with Gasteiger partial charge in [0.05, 0.1) is 18.1 Å². The van der Waals surface area contributed by atoms with Crippen LogP contribution in [0.2, 0.25) is 0 Å². The topological polar surface area (TPSA) is 130 Å². The number of nitrogens with one attached hydrogen (secondary N) is 3. The summed E-state index contributed by atoms with van der Waals surface area (Å²) in [5.41, 5.74) is -0.766. The van der Waals surface area contributed by atoms with Crippen molar-refractivity contribution < 1.29 is 23.1 Å². The molecule has 1 aliphatic heterocycles. The lowest BCUT2D eigenvalue weighted by molar-refractivity contribution is 0.0499. The van der Waals surface area contributed by atoms with Crippen LogP contribution in [0.1, 0.15) is 56.1 Å². The predicted octanol–water partition coefficient (Wildman–Crippen LogP) is 3.14. The summed E-state index contributed by atoms with van der Waals surface area (Å²) in [6.45, 7) is 6.65. The van der Waals surface area contributed by atoms with Crippen molar-refractivity contribution in [3.05, 3.63) is 35.9 Å². The third-order valence-electron chi connectivity index (χ3n) is 5.20. The fraction of sp³-hybridized carbons (Fsp3) is 0.476. The van der Waals surface area contributed by atoms with Crippen LogP contribution in [0.5, 0.6) is 0 Å². The molecule has 13 heteroatoms. The summed E-state index contributed by atoms with van der Waals surface area (Å²) in [6, 6.07) is 1.64. The molecule has 1 aliphatic rings. The quantitative estimate of drug-likeness (QED) is 0.516. The molecular formula is C21H26F2N8O3. The van der Waals surface area contributed by atoms with Crippen LogP contribution in [-0.2, 0) is 4.74 Å². The molecule has 1 saturated heterocycles. The highest BCUT2D eigenvalue weighted by atomic mass is 19.3. The first-order valence-electron chi connectivity index (χ1n) is 10.8. The summed E-state index contributed by atoms with van der Waals surface area (Å²) in [4.78, 5) is 31.5. The first kappa shape index (κ1) is 23.4. The molecule has 0 bridgehead atoms. The van der Waals surface area contributed by atoms with E-state index in [-0.39, 0.29) is 22.9 Å². The molecular weight excluding hydrogens is 450 g/mol. The summed E-state index contributed by atoms with van der Waals surface area (Å²) >= 11 is 0. The van der Waals surface area contributed by atoms with Gasteiger partial charge in [-0.3, -0.25) is 9.89 Å². The number of hydrogen-bond donors (Lipinski definition) is 3. The van der Waals surface area contributed by atoms with Gasteiger partial charge in [-0.05, 0) is 39.7 Å². The number of aromatic amines is 1. The number of halogens is 2. The van der Waals surface area contributed by atoms with E-state index in [1.54, 1.807) is 33.0 Å². The molecule has 3 aromatic rings. The normalized spacial score (nSPS) is 16.6. The van der Waals surface area contributed by atoms with Gasteiger partial charge < -0.3 is 20.3 Å². The lowest BCUT2D eigenvalue weighted by Crippen LogP contribution is -2.49. The van der Waals surface area contributed by atoms with E-state index in [9.17, 15) is 18.4 Å². The Morgan fingerprint density at radius 3 is 2.82 bits per heavy atom. The van der Waals surface area contributed by atoms with E-state index in [1.165, 1.54) is 10.7 Å². The Morgan fingerprint density at radius 2 is 2.09 bits per heavy atom. The smallest absolute Gasteiger partial charge is 0.407 e. The van der Waals surface area contributed by atoms with Crippen molar-refractivity contribution in [2.75, 3.05) is 23.3 Å². The molecule has 2 amide bonds. The van der Waals surface area contributed by atoms with Crippen molar-refractivity contribution in [3.8, 4) is 0 Å². The highest BCUT2D eigenvalue weighted by molar-refractivity contribution is 6.08. The minimum atomic E-state index is -2.81. The number of rotatable bonds is 5. The summed E-state index contributed by atoms with van der Waals surface area (Å²) in [5.74, 6) is -0.0274. The van der Waals surface area contributed by atoms with E-state index >= 15 is 0 Å². The number of anilines is 2. The van der Waals surface area contributed by atoms with Gasteiger partial charge in [0.15, 0.2) is 5.65 Å². The number of alkyl halides is 2. The Balaban J connectivity index is 1.50. The minimum absolute atomic E-state index is 0.109. The Morgan fingerprint density at radius 1 is 1.29 bits per heavy atom. The number of H-pyrrole nitrogens is 1. The number of aromatic nitrogens is 5. The first-order valence-corrected chi connectivity index (χ1v) is 10.8. The van der Waals surface area contributed by atoms with Gasteiger partial charge in [0, 0.05) is 25.3 Å². The molecule has 1 unspecified atom stereocenters. The largest absolute Gasteiger partial charge is 0.444 e. The molecule has 3 N–H and O–H groups in total. The van der Waals surface area contributed by atoms with E-state index < -0.39 is 29.7 Å². The zero-order chi connectivity index (χ0) is 24.5. The molecule has 4 heterocycles. The second-order valence-corrected chi connectivity index (χ2v) is 9.00. The highest BCUT2D eigenvalue weighted by Gasteiger charge is 2.26. The van der Waals surface area contributed by atoms with Gasteiger partial charge in [-0.1, -0.05) is 0 Å². The van der Waals surface area contributed by atoms with Gasteiger partial charge in [0.1, 0.15) is 22.7 Å². The second kappa shape index (κ2) is 9.23. The average Bonchev–Trinajstić information content (AvgIpc) is 3.39. The molecule has 0 aliphatic carbocycles. The molecule has 0 aromatic carbocycles. The van der Waals surface area contributed by atoms with Crippen molar-refractivity contribution in [1.29, 1.82) is 0 Å². The number of fused-ring (bicyclic) bond motifs is 1. The van der Waals surface area contributed by atoms with E-state index in [2.05, 4.69) is 30.9 Å². The number of carbonyl (C=O) groups excluding carboxylic acids is 2.